The van der Waals surface area contributed by atoms with Crippen molar-refractivity contribution in [3.05, 3.63) is 53.6 Å². The van der Waals surface area contributed by atoms with Gasteiger partial charge in [0.25, 0.3) is 0 Å². The predicted octanol–water partition coefficient (Wildman–Crippen LogP) is 3.21. The van der Waals surface area contributed by atoms with E-state index in [9.17, 15) is 0 Å². The fraction of sp³-hybridized carbons (Fsp3) is 0.231. The van der Waals surface area contributed by atoms with Gasteiger partial charge in [-0.25, -0.2) is 0 Å². The number of methoxy groups -OCH3 is 1. The van der Waals surface area contributed by atoms with Crippen LogP contribution in [0.1, 0.15) is 17.0 Å². The highest BCUT2D eigenvalue weighted by Crippen LogP contribution is 2.28. The summed E-state index contributed by atoms with van der Waals surface area (Å²) in [6.45, 7) is 2.13. The number of ether oxygens (including phenoxy) is 1. The minimum atomic E-state index is 0.421. The molecule has 72 valence electrons. The monoisotopic (exact) mass is 186 g/mol. The Morgan fingerprint density at radius 2 is 1.86 bits per heavy atom. The van der Waals surface area contributed by atoms with Crippen molar-refractivity contribution in [1.82, 2.24) is 0 Å². The Balaban J connectivity index is 2.40. The molecule has 1 aromatic carbocycles. The van der Waals surface area contributed by atoms with Gasteiger partial charge < -0.3 is 4.74 Å². The summed E-state index contributed by atoms with van der Waals surface area (Å²) in [4.78, 5) is 0. The van der Waals surface area contributed by atoms with Crippen molar-refractivity contribution >= 4 is 0 Å². The molecule has 0 aromatic heterocycles. The average molecular weight is 186 g/mol. The van der Waals surface area contributed by atoms with Gasteiger partial charge in [0.15, 0.2) is 0 Å². The summed E-state index contributed by atoms with van der Waals surface area (Å²) < 4.78 is 5.22. The summed E-state index contributed by atoms with van der Waals surface area (Å²) in [5.41, 5.74) is 2.64. The minimum Gasteiger partial charge on any atom is -0.497 e. The Bertz CT molecular complexity index is 376. The van der Waals surface area contributed by atoms with Gasteiger partial charge in [0.1, 0.15) is 5.75 Å². The van der Waals surface area contributed by atoms with E-state index >= 15 is 0 Å². The second-order valence-corrected chi connectivity index (χ2v) is 3.52. The Morgan fingerprint density at radius 1 is 1.14 bits per heavy atom. The summed E-state index contributed by atoms with van der Waals surface area (Å²) in [6, 6.07) is 6.22. The smallest absolute Gasteiger partial charge is 0.119 e. The van der Waals surface area contributed by atoms with Crippen LogP contribution in [0.3, 0.4) is 0 Å². The number of allylic oxidation sites excluding steroid dienone is 4. The summed E-state index contributed by atoms with van der Waals surface area (Å²) in [7, 11) is 1.70. The Morgan fingerprint density at radius 3 is 2.50 bits per heavy atom. The van der Waals surface area contributed by atoms with Crippen LogP contribution >= 0.6 is 0 Å². The molecule has 0 heterocycles. The van der Waals surface area contributed by atoms with Gasteiger partial charge in [-0.2, -0.15) is 0 Å². The molecule has 0 N–H and O–H groups in total. The second kappa shape index (κ2) is 3.70. The molecule has 2 rings (SSSR count). The van der Waals surface area contributed by atoms with E-state index in [-0.39, 0.29) is 0 Å². The highest BCUT2D eigenvalue weighted by atomic mass is 16.5. The number of aryl methyl sites for hydroxylation is 1. The van der Waals surface area contributed by atoms with Gasteiger partial charge in [-0.15, -0.1) is 0 Å². The van der Waals surface area contributed by atoms with Crippen molar-refractivity contribution in [2.45, 2.75) is 12.8 Å². The molecule has 0 amide bonds. The molecule has 0 fully saturated rings. The lowest BCUT2D eigenvalue weighted by Crippen LogP contribution is -1.94. The maximum atomic E-state index is 5.22. The first-order chi connectivity index (χ1) is 6.81. The maximum Gasteiger partial charge on any atom is 0.119 e. The molecule has 1 aliphatic carbocycles. The van der Waals surface area contributed by atoms with E-state index in [1.165, 1.54) is 11.1 Å². The molecule has 0 saturated heterocycles. The molecule has 1 aromatic rings. The van der Waals surface area contributed by atoms with E-state index in [1.54, 1.807) is 7.11 Å². The lowest BCUT2D eigenvalue weighted by Gasteiger charge is -2.11. The zero-order valence-electron chi connectivity index (χ0n) is 8.53. The molecule has 1 nitrogen and oxygen atoms in total. The van der Waals surface area contributed by atoms with Gasteiger partial charge in [-0.3, -0.25) is 0 Å². The molecule has 0 unspecified atom stereocenters. The number of rotatable bonds is 2. The van der Waals surface area contributed by atoms with Crippen LogP contribution < -0.4 is 4.74 Å². The third-order valence-electron chi connectivity index (χ3n) is 2.59. The number of hydrogen-bond acceptors (Lipinski definition) is 1. The number of hydrogen-bond donors (Lipinski definition) is 0. The highest BCUT2D eigenvalue weighted by Gasteiger charge is 2.10. The van der Waals surface area contributed by atoms with E-state index in [1.807, 2.05) is 6.07 Å². The largest absolute Gasteiger partial charge is 0.497 e. The van der Waals surface area contributed by atoms with Crippen LogP contribution in [-0.4, -0.2) is 7.11 Å². The molecule has 0 spiro atoms. The summed E-state index contributed by atoms with van der Waals surface area (Å²) in [5.74, 6) is 1.35. The standard InChI is InChI=1S/C13H14O/c1-10-7-8-12(14-2)9-13(10)11-5-3-4-6-11/h3-9,11H,1-2H3. The van der Waals surface area contributed by atoms with Crippen LogP contribution in [0.15, 0.2) is 42.5 Å². The summed E-state index contributed by atoms with van der Waals surface area (Å²) in [6.07, 6.45) is 8.57. The third kappa shape index (κ3) is 1.58. The van der Waals surface area contributed by atoms with Crippen LogP contribution in [0.4, 0.5) is 0 Å². The predicted molar refractivity (Wildman–Crippen MR) is 58.8 cm³/mol. The normalized spacial score (nSPS) is 15.0. The van der Waals surface area contributed by atoms with Crippen LogP contribution in [0, 0.1) is 6.92 Å². The molecule has 14 heavy (non-hydrogen) atoms. The van der Waals surface area contributed by atoms with E-state index < -0.39 is 0 Å². The van der Waals surface area contributed by atoms with Gasteiger partial charge in [-0.05, 0) is 30.2 Å². The average Bonchev–Trinajstić information content (AvgIpc) is 2.71. The second-order valence-electron chi connectivity index (χ2n) is 3.52. The molecule has 0 atom stereocenters. The van der Waals surface area contributed by atoms with Gasteiger partial charge >= 0.3 is 0 Å². The van der Waals surface area contributed by atoms with Crippen LogP contribution in [-0.2, 0) is 0 Å². The van der Waals surface area contributed by atoms with Crippen molar-refractivity contribution in [2.75, 3.05) is 7.11 Å². The summed E-state index contributed by atoms with van der Waals surface area (Å²) >= 11 is 0. The molecular weight excluding hydrogens is 172 g/mol. The Kier molecular flexibility index (Phi) is 2.40. The van der Waals surface area contributed by atoms with Crippen molar-refractivity contribution in [3.63, 3.8) is 0 Å². The first-order valence-corrected chi connectivity index (χ1v) is 4.81. The van der Waals surface area contributed by atoms with Crippen molar-refractivity contribution in [2.24, 2.45) is 0 Å². The van der Waals surface area contributed by atoms with Crippen molar-refractivity contribution < 1.29 is 4.74 Å². The Hall–Kier alpha value is -1.50. The third-order valence-corrected chi connectivity index (χ3v) is 2.59. The maximum absolute atomic E-state index is 5.22. The van der Waals surface area contributed by atoms with Gasteiger partial charge in [0.05, 0.1) is 7.11 Å². The van der Waals surface area contributed by atoms with E-state index in [4.69, 9.17) is 4.74 Å². The first-order valence-electron chi connectivity index (χ1n) is 4.81. The Labute approximate surface area is 84.7 Å². The van der Waals surface area contributed by atoms with Crippen LogP contribution in [0.2, 0.25) is 0 Å². The fourth-order valence-corrected chi connectivity index (χ4v) is 1.74. The molecule has 0 aliphatic heterocycles. The molecular formula is C13H14O. The minimum absolute atomic E-state index is 0.421. The van der Waals surface area contributed by atoms with Crippen molar-refractivity contribution in [3.8, 4) is 5.75 Å². The quantitative estimate of drug-likeness (QED) is 0.689. The zero-order valence-corrected chi connectivity index (χ0v) is 8.53. The van der Waals surface area contributed by atoms with E-state index in [0.29, 0.717) is 5.92 Å². The molecule has 1 heteroatoms. The van der Waals surface area contributed by atoms with E-state index in [2.05, 4.69) is 43.4 Å². The van der Waals surface area contributed by atoms with E-state index in [0.717, 1.165) is 5.75 Å². The topological polar surface area (TPSA) is 9.23 Å². The number of benzene rings is 1. The lowest BCUT2D eigenvalue weighted by atomic mass is 9.96. The van der Waals surface area contributed by atoms with Gasteiger partial charge in [0, 0.05) is 5.92 Å². The molecule has 1 aliphatic rings. The fourth-order valence-electron chi connectivity index (χ4n) is 1.74. The van der Waals surface area contributed by atoms with Crippen LogP contribution in [0.5, 0.6) is 5.75 Å². The SMILES string of the molecule is COc1ccc(C)c(C2C=CC=C2)c1. The van der Waals surface area contributed by atoms with Crippen LogP contribution in [0.25, 0.3) is 0 Å². The van der Waals surface area contributed by atoms with Gasteiger partial charge in [-0.1, -0.05) is 30.4 Å². The zero-order chi connectivity index (χ0) is 9.97. The lowest BCUT2D eigenvalue weighted by molar-refractivity contribution is 0.414. The van der Waals surface area contributed by atoms with Crippen molar-refractivity contribution in [1.29, 1.82) is 0 Å². The van der Waals surface area contributed by atoms with Gasteiger partial charge in [0.2, 0.25) is 0 Å². The molecule has 0 saturated carbocycles. The highest BCUT2D eigenvalue weighted by molar-refractivity contribution is 5.43. The summed E-state index contributed by atoms with van der Waals surface area (Å²) in [5, 5.41) is 0. The molecule has 0 radical (unpaired) electrons. The first kappa shape index (κ1) is 9.07. The molecule has 0 bridgehead atoms.